The van der Waals surface area contributed by atoms with Crippen molar-refractivity contribution in [1.29, 1.82) is 0 Å². The second kappa shape index (κ2) is 7.70. The van der Waals surface area contributed by atoms with E-state index < -0.39 is 16.8 Å². The fourth-order valence-corrected chi connectivity index (χ4v) is 2.46. The third kappa shape index (κ3) is 4.40. The average Bonchev–Trinajstić information content (AvgIpc) is 2.88. The number of nitrogens with one attached hydrogen (secondary N) is 1. The molecule has 1 fully saturated rings. The highest BCUT2D eigenvalue weighted by Crippen LogP contribution is 2.25. The maximum atomic E-state index is 11.6. The molecule has 1 aliphatic rings. The molecule has 0 bridgehead atoms. The predicted molar refractivity (Wildman–Crippen MR) is 89.0 cm³/mol. The van der Waals surface area contributed by atoms with Crippen LogP contribution in [0, 0.1) is 10.1 Å². The van der Waals surface area contributed by atoms with Crippen LogP contribution in [0.5, 0.6) is 0 Å². The van der Waals surface area contributed by atoms with Gasteiger partial charge >= 0.3 is 5.97 Å². The minimum Gasteiger partial charge on any atom is -0.466 e. The molecule has 0 aliphatic carbocycles. The lowest BCUT2D eigenvalue weighted by Gasteiger charge is -1.96. The summed E-state index contributed by atoms with van der Waals surface area (Å²) in [6, 6.07) is 4.15. The summed E-state index contributed by atoms with van der Waals surface area (Å²) in [6.45, 7) is 0. The second-order valence-corrected chi connectivity index (χ2v) is 5.64. The van der Waals surface area contributed by atoms with Gasteiger partial charge in [-0.3, -0.25) is 20.2 Å². The van der Waals surface area contributed by atoms with Crippen LogP contribution in [0.4, 0.5) is 5.69 Å². The van der Waals surface area contributed by atoms with Crippen LogP contribution >= 0.6 is 23.4 Å². The number of ether oxygens (including phenoxy) is 1. The number of hydrogen-bond acceptors (Lipinski definition) is 8. The summed E-state index contributed by atoms with van der Waals surface area (Å²) < 4.78 is 4.43. The van der Waals surface area contributed by atoms with Gasteiger partial charge in [-0.2, -0.15) is 5.10 Å². The van der Waals surface area contributed by atoms with Crippen LogP contribution in [-0.2, 0) is 14.3 Å². The van der Waals surface area contributed by atoms with E-state index in [0.29, 0.717) is 5.56 Å². The summed E-state index contributed by atoms with van der Waals surface area (Å²) in [7, 11) is 1.20. The van der Waals surface area contributed by atoms with E-state index in [0.717, 1.165) is 17.8 Å². The Morgan fingerprint density at radius 2 is 2.25 bits per heavy atom. The maximum Gasteiger partial charge on any atom is 0.331 e. The highest BCUT2D eigenvalue weighted by molar-refractivity contribution is 8.18. The van der Waals surface area contributed by atoms with E-state index in [-0.39, 0.29) is 20.8 Å². The summed E-state index contributed by atoms with van der Waals surface area (Å²) >= 11 is 6.62. The van der Waals surface area contributed by atoms with Gasteiger partial charge in [0.25, 0.3) is 11.6 Å². The molecule has 2 rings (SSSR count). The van der Waals surface area contributed by atoms with Gasteiger partial charge in [0, 0.05) is 17.7 Å². The van der Waals surface area contributed by atoms with Crippen LogP contribution < -0.4 is 5.32 Å². The molecule has 1 aromatic rings. The Kier molecular flexibility index (Phi) is 5.66. The molecule has 9 nitrogen and oxygen atoms in total. The Morgan fingerprint density at radius 3 is 2.92 bits per heavy atom. The summed E-state index contributed by atoms with van der Waals surface area (Å²) in [5.41, 5.74) is 0.162. The molecule has 1 N–H and O–H groups in total. The Hall–Kier alpha value is -2.72. The Morgan fingerprint density at radius 1 is 1.50 bits per heavy atom. The molecule has 0 atom stereocenters. The number of methoxy groups -OCH3 is 1. The molecule has 0 spiro atoms. The average molecular weight is 369 g/mol. The van der Waals surface area contributed by atoms with Crippen LogP contribution in [-0.4, -0.2) is 35.3 Å². The third-order valence-corrected chi connectivity index (χ3v) is 3.84. The van der Waals surface area contributed by atoms with Crippen LogP contribution in [0.3, 0.4) is 0 Å². The number of amides is 1. The number of carbonyl (C=O) groups is 2. The van der Waals surface area contributed by atoms with E-state index in [1.165, 1.54) is 31.5 Å². The number of nitro benzene ring substituents is 1. The Balaban J connectivity index is 2.11. The van der Waals surface area contributed by atoms with Gasteiger partial charge in [0.2, 0.25) is 0 Å². The van der Waals surface area contributed by atoms with Crippen molar-refractivity contribution in [2.75, 3.05) is 7.11 Å². The van der Waals surface area contributed by atoms with E-state index in [2.05, 4.69) is 20.3 Å². The lowest BCUT2D eigenvalue weighted by Crippen LogP contribution is -2.19. The molecule has 11 heteroatoms. The molecule has 124 valence electrons. The summed E-state index contributed by atoms with van der Waals surface area (Å²) in [6.07, 6.45) is 2.31. The van der Waals surface area contributed by atoms with Gasteiger partial charge in [0.15, 0.2) is 5.17 Å². The Bertz CT molecular complexity index is 806. The minimum atomic E-state index is -0.661. The van der Waals surface area contributed by atoms with Gasteiger partial charge < -0.3 is 4.74 Å². The van der Waals surface area contributed by atoms with Crippen molar-refractivity contribution in [2.24, 2.45) is 10.2 Å². The number of benzene rings is 1. The fraction of sp³-hybridized carbons (Fsp3) is 0.0769. The first-order valence-electron chi connectivity index (χ1n) is 6.24. The summed E-state index contributed by atoms with van der Waals surface area (Å²) in [5, 5.41) is 20.9. The Labute approximate surface area is 144 Å². The third-order valence-electron chi connectivity index (χ3n) is 2.62. The zero-order valence-electron chi connectivity index (χ0n) is 12.1. The number of carbonyl (C=O) groups excluding carboxylic acids is 2. The SMILES string of the molecule is COC(=O)/C=C1/S/C(=N\N=Cc2ccc(Cl)c([N+](=O)[O-])c2)NC1=O. The van der Waals surface area contributed by atoms with Crippen molar-refractivity contribution < 1.29 is 19.2 Å². The number of hydrogen-bond donors (Lipinski definition) is 1. The number of nitrogens with zero attached hydrogens (tertiary/aromatic N) is 3. The number of rotatable bonds is 4. The number of nitro groups is 1. The molecule has 0 unspecified atom stereocenters. The predicted octanol–water partition coefficient (Wildman–Crippen LogP) is 1.86. The first-order valence-corrected chi connectivity index (χ1v) is 7.44. The zero-order chi connectivity index (χ0) is 17.7. The normalized spacial score (nSPS) is 17.5. The first kappa shape index (κ1) is 17.6. The van der Waals surface area contributed by atoms with Crippen LogP contribution in [0.25, 0.3) is 0 Å². The molecule has 0 radical (unpaired) electrons. The highest BCUT2D eigenvalue weighted by Gasteiger charge is 2.25. The van der Waals surface area contributed by atoms with E-state index in [4.69, 9.17) is 11.6 Å². The fourth-order valence-electron chi connectivity index (χ4n) is 1.54. The van der Waals surface area contributed by atoms with Gasteiger partial charge in [0.05, 0.1) is 23.2 Å². The van der Waals surface area contributed by atoms with Crippen LogP contribution in [0.2, 0.25) is 5.02 Å². The number of thioether (sulfide) groups is 1. The number of amidine groups is 1. The zero-order valence-corrected chi connectivity index (χ0v) is 13.6. The van der Waals surface area contributed by atoms with Crippen molar-refractivity contribution in [1.82, 2.24) is 5.32 Å². The molecule has 1 amide bonds. The number of esters is 1. The van der Waals surface area contributed by atoms with Crippen molar-refractivity contribution >= 4 is 52.3 Å². The van der Waals surface area contributed by atoms with Gasteiger partial charge in [-0.15, -0.1) is 5.10 Å². The van der Waals surface area contributed by atoms with Gasteiger partial charge in [-0.05, 0) is 17.8 Å². The maximum absolute atomic E-state index is 11.6. The summed E-state index contributed by atoms with van der Waals surface area (Å²) in [4.78, 5) is 33.0. The molecular weight excluding hydrogens is 360 g/mol. The monoisotopic (exact) mass is 368 g/mol. The van der Waals surface area contributed by atoms with Crippen molar-refractivity contribution in [3.05, 3.63) is 49.9 Å². The van der Waals surface area contributed by atoms with Crippen molar-refractivity contribution in [3.8, 4) is 0 Å². The molecule has 1 aromatic carbocycles. The molecule has 1 saturated heterocycles. The van der Waals surface area contributed by atoms with Crippen molar-refractivity contribution in [3.63, 3.8) is 0 Å². The van der Waals surface area contributed by atoms with Gasteiger partial charge in [-0.25, -0.2) is 4.79 Å². The molecule has 1 heterocycles. The minimum absolute atomic E-state index is 0.0136. The van der Waals surface area contributed by atoms with E-state index in [9.17, 15) is 19.7 Å². The largest absolute Gasteiger partial charge is 0.466 e. The van der Waals surface area contributed by atoms with Crippen molar-refractivity contribution in [2.45, 2.75) is 0 Å². The molecule has 1 aliphatic heterocycles. The lowest BCUT2D eigenvalue weighted by atomic mass is 10.2. The van der Waals surface area contributed by atoms with Crippen LogP contribution in [0.1, 0.15) is 5.56 Å². The topological polar surface area (TPSA) is 123 Å². The molecule has 24 heavy (non-hydrogen) atoms. The van der Waals surface area contributed by atoms with Crippen LogP contribution in [0.15, 0.2) is 39.4 Å². The second-order valence-electron chi connectivity index (χ2n) is 4.21. The van der Waals surface area contributed by atoms with E-state index in [1.807, 2.05) is 0 Å². The molecular formula is C13H9ClN4O5S. The quantitative estimate of drug-likeness (QED) is 0.284. The standard InChI is InChI=1S/C13H9ClN4O5S/c1-23-11(19)5-10-12(20)16-13(24-10)17-15-6-7-2-3-8(14)9(4-7)18(21)22/h2-6H,1H3,(H,16,17,20)/b10-5+,15-6?. The highest BCUT2D eigenvalue weighted by atomic mass is 35.5. The van der Waals surface area contributed by atoms with Gasteiger partial charge in [-0.1, -0.05) is 17.7 Å². The smallest absolute Gasteiger partial charge is 0.331 e. The van der Waals surface area contributed by atoms with E-state index in [1.54, 1.807) is 0 Å². The van der Waals surface area contributed by atoms with Gasteiger partial charge in [0.1, 0.15) is 5.02 Å². The molecule has 0 saturated carbocycles. The summed E-state index contributed by atoms with van der Waals surface area (Å²) in [5.74, 6) is -1.16. The van der Waals surface area contributed by atoms with E-state index >= 15 is 0 Å². The number of halogens is 1. The lowest BCUT2D eigenvalue weighted by molar-refractivity contribution is -0.384. The molecule has 0 aromatic heterocycles. The first-order chi connectivity index (χ1) is 11.4.